The molecule has 3 nitrogen and oxygen atoms in total. The zero-order valence-electron chi connectivity index (χ0n) is 7.34. The lowest BCUT2D eigenvalue weighted by Crippen LogP contribution is -2.34. The fraction of sp³-hybridized carbons (Fsp3) is 0.667. The van der Waals surface area contributed by atoms with Crippen molar-refractivity contribution in [1.82, 2.24) is 10.3 Å². The maximum absolute atomic E-state index is 5.33. The van der Waals surface area contributed by atoms with Gasteiger partial charge in [0.2, 0.25) is 0 Å². The second-order valence-corrected chi connectivity index (χ2v) is 3.35. The highest BCUT2D eigenvalue weighted by molar-refractivity contribution is 4.93. The van der Waals surface area contributed by atoms with E-state index in [0.29, 0.717) is 0 Å². The Labute approximate surface area is 72.2 Å². The summed E-state index contributed by atoms with van der Waals surface area (Å²) in [6.07, 6.45) is 5.79. The molecular weight excluding hydrogens is 152 g/mol. The fourth-order valence-corrected chi connectivity index (χ4v) is 1.34. The van der Waals surface area contributed by atoms with Crippen molar-refractivity contribution in [3.63, 3.8) is 0 Å². The van der Waals surface area contributed by atoms with Crippen molar-refractivity contribution >= 4 is 0 Å². The fourth-order valence-electron chi connectivity index (χ4n) is 1.34. The smallest absolute Gasteiger partial charge is 0.191 e. The Morgan fingerprint density at radius 1 is 1.67 bits per heavy atom. The first-order valence-electron chi connectivity index (χ1n) is 4.49. The van der Waals surface area contributed by atoms with Gasteiger partial charge in [-0.2, -0.15) is 0 Å². The first-order valence-corrected chi connectivity index (χ1v) is 4.49. The second kappa shape index (κ2) is 3.27. The maximum atomic E-state index is 5.33. The summed E-state index contributed by atoms with van der Waals surface area (Å²) in [7, 11) is 0. The van der Waals surface area contributed by atoms with Crippen LogP contribution >= 0.6 is 0 Å². The molecule has 1 heterocycles. The van der Waals surface area contributed by atoms with E-state index in [1.165, 1.54) is 19.3 Å². The third-order valence-corrected chi connectivity index (χ3v) is 2.34. The molecule has 0 amide bonds. The van der Waals surface area contributed by atoms with E-state index in [9.17, 15) is 0 Å². The SMILES string of the molecule is Cc1ncc(CNC2CCC2)o1. The lowest BCUT2D eigenvalue weighted by atomic mass is 9.93. The van der Waals surface area contributed by atoms with Crippen LogP contribution in [0.5, 0.6) is 0 Å². The van der Waals surface area contributed by atoms with Crippen LogP contribution in [0.4, 0.5) is 0 Å². The summed E-state index contributed by atoms with van der Waals surface area (Å²) in [5, 5.41) is 3.41. The van der Waals surface area contributed by atoms with Gasteiger partial charge in [0.1, 0.15) is 5.76 Å². The van der Waals surface area contributed by atoms with Crippen molar-refractivity contribution in [3.8, 4) is 0 Å². The lowest BCUT2D eigenvalue weighted by Gasteiger charge is -2.25. The van der Waals surface area contributed by atoms with Gasteiger partial charge in [-0.1, -0.05) is 6.42 Å². The first-order chi connectivity index (χ1) is 5.84. The van der Waals surface area contributed by atoms with Crippen LogP contribution in [0.1, 0.15) is 30.9 Å². The number of nitrogens with zero attached hydrogens (tertiary/aromatic N) is 1. The second-order valence-electron chi connectivity index (χ2n) is 3.35. The van der Waals surface area contributed by atoms with Crippen molar-refractivity contribution in [3.05, 3.63) is 17.8 Å². The molecule has 0 radical (unpaired) electrons. The van der Waals surface area contributed by atoms with Gasteiger partial charge in [0.05, 0.1) is 12.7 Å². The van der Waals surface area contributed by atoms with Gasteiger partial charge in [0.25, 0.3) is 0 Å². The largest absolute Gasteiger partial charge is 0.445 e. The third-order valence-electron chi connectivity index (χ3n) is 2.34. The Morgan fingerprint density at radius 3 is 3.00 bits per heavy atom. The molecule has 0 spiro atoms. The summed E-state index contributed by atoms with van der Waals surface area (Å²) in [4.78, 5) is 4.03. The van der Waals surface area contributed by atoms with Gasteiger partial charge in [-0.25, -0.2) is 4.98 Å². The minimum atomic E-state index is 0.718. The monoisotopic (exact) mass is 166 g/mol. The highest BCUT2D eigenvalue weighted by Gasteiger charge is 2.16. The predicted octanol–water partition coefficient (Wildman–Crippen LogP) is 1.63. The van der Waals surface area contributed by atoms with Gasteiger partial charge in [-0.3, -0.25) is 0 Å². The number of aryl methyl sites for hydroxylation is 1. The van der Waals surface area contributed by atoms with E-state index in [1.54, 1.807) is 6.20 Å². The molecule has 66 valence electrons. The minimum absolute atomic E-state index is 0.718. The van der Waals surface area contributed by atoms with Crippen molar-refractivity contribution in [2.24, 2.45) is 0 Å². The van der Waals surface area contributed by atoms with Crippen LogP contribution in [-0.4, -0.2) is 11.0 Å². The molecule has 1 aromatic rings. The molecule has 12 heavy (non-hydrogen) atoms. The highest BCUT2D eigenvalue weighted by atomic mass is 16.4. The molecule has 1 fully saturated rings. The summed E-state index contributed by atoms with van der Waals surface area (Å²) in [6, 6.07) is 0.718. The molecule has 0 bridgehead atoms. The summed E-state index contributed by atoms with van der Waals surface area (Å²) in [5.74, 6) is 1.69. The predicted molar refractivity (Wildman–Crippen MR) is 45.7 cm³/mol. The molecule has 3 heteroatoms. The molecule has 1 N–H and O–H groups in total. The number of rotatable bonds is 3. The molecule has 0 unspecified atom stereocenters. The maximum Gasteiger partial charge on any atom is 0.191 e. The van der Waals surface area contributed by atoms with Crippen LogP contribution in [0.2, 0.25) is 0 Å². The lowest BCUT2D eigenvalue weighted by molar-refractivity contribution is 0.323. The van der Waals surface area contributed by atoms with E-state index < -0.39 is 0 Å². The van der Waals surface area contributed by atoms with Gasteiger partial charge < -0.3 is 9.73 Å². The number of hydrogen-bond donors (Lipinski definition) is 1. The van der Waals surface area contributed by atoms with Gasteiger partial charge in [-0.05, 0) is 12.8 Å². The normalized spacial score (nSPS) is 17.8. The molecule has 1 aliphatic rings. The van der Waals surface area contributed by atoms with E-state index in [4.69, 9.17) is 4.42 Å². The minimum Gasteiger partial charge on any atom is -0.445 e. The molecule has 2 rings (SSSR count). The van der Waals surface area contributed by atoms with Gasteiger partial charge in [0.15, 0.2) is 5.89 Å². The Morgan fingerprint density at radius 2 is 2.50 bits per heavy atom. The van der Waals surface area contributed by atoms with Crippen molar-refractivity contribution in [2.45, 2.75) is 38.8 Å². The standard InChI is InChI=1S/C9H14N2O/c1-7-10-5-9(12-7)6-11-8-3-2-4-8/h5,8,11H,2-4,6H2,1H3. The third kappa shape index (κ3) is 1.67. The van der Waals surface area contributed by atoms with Gasteiger partial charge in [-0.15, -0.1) is 0 Å². The number of aromatic nitrogens is 1. The molecule has 1 aromatic heterocycles. The number of oxazole rings is 1. The Hall–Kier alpha value is -0.830. The van der Waals surface area contributed by atoms with Crippen LogP contribution in [0.25, 0.3) is 0 Å². The first kappa shape index (κ1) is 7.80. The zero-order valence-corrected chi connectivity index (χ0v) is 7.34. The highest BCUT2D eigenvalue weighted by Crippen LogP contribution is 2.18. The van der Waals surface area contributed by atoms with Crippen molar-refractivity contribution in [2.75, 3.05) is 0 Å². The molecule has 0 aromatic carbocycles. The molecule has 0 saturated heterocycles. The number of nitrogens with one attached hydrogen (secondary N) is 1. The van der Waals surface area contributed by atoms with Crippen LogP contribution in [0.15, 0.2) is 10.6 Å². The summed E-state index contributed by atoms with van der Waals surface area (Å²) < 4.78 is 5.33. The molecule has 0 atom stereocenters. The zero-order chi connectivity index (χ0) is 8.39. The molecule has 1 aliphatic carbocycles. The van der Waals surface area contributed by atoms with E-state index >= 15 is 0 Å². The van der Waals surface area contributed by atoms with E-state index in [2.05, 4.69) is 10.3 Å². The summed E-state index contributed by atoms with van der Waals surface area (Å²) >= 11 is 0. The van der Waals surface area contributed by atoms with E-state index in [0.717, 1.165) is 24.2 Å². The molecule has 1 saturated carbocycles. The van der Waals surface area contributed by atoms with Crippen LogP contribution in [0, 0.1) is 6.92 Å². The Kier molecular flexibility index (Phi) is 2.13. The average Bonchev–Trinajstić information content (AvgIpc) is 2.32. The summed E-state index contributed by atoms with van der Waals surface area (Å²) in [6.45, 7) is 2.69. The Bertz CT molecular complexity index is 253. The van der Waals surface area contributed by atoms with Crippen molar-refractivity contribution in [1.29, 1.82) is 0 Å². The topological polar surface area (TPSA) is 38.1 Å². The van der Waals surface area contributed by atoms with Crippen molar-refractivity contribution < 1.29 is 4.42 Å². The number of hydrogen-bond acceptors (Lipinski definition) is 3. The average molecular weight is 166 g/mol. The van der Waals surface area contributed by atoms with Gasteiger partial charge in [0, 0.05) is 13.0 Å². The quantitative estimate of drug-likeness (QED) is 0.741. The van der Waals surface area contributed by atoms with Gasteiger partial charge >= 0.3 is 0 Å². The Balaban J connectivity index is 1.79. The van der Waals surface area contributed by atoms with E-state index in [1.807, 2.05) is 6.92 Å². The van der Waals surface area contributed by atoms with Crippen LogP contribution in [0.3, 0.4) is 0 Å². The molecular formula is C9H14N2O. The van der Waals surface area contributed by atoms with E-state index in [-0.39, 0.29) is 0 Å². The van der Waals surface area contributed by atoms with Crippen LogP contribution in [-0.2, 0) is 6.54 Å². The summed E-state index contributed by atoms with van der Waals surface area (Å²) in [5.41, 5.74) is 0. The van der Waals surface area contributed by atoms with Crippen LogP contribution < -0.4 is 5.32 Å². The molecule has 0 aliphatic heterocycles.